The van der Waals surface area contributed by atoms with Crippen molar-refractivity contribution in [1.82, 2.24) is 0 Å². The summed E-state index contributed by atoms with van der Waals surface area (Å²) in [4.78, 5) is 11.3. The lowest BCUT2D eigenvalue weighted by molar-refractivity contribution is 0.112. The van der Waals surface area contributed by atoms with Gasteiger partial charge in [-0.05, 0) is 67.0 Å². The van der Waals surface area contributed by atoms with Crippen LogP contribution in [0.2, 0.25) is 0 Å². The molecule has 2 aliphatic carbocycles. The highest BCUT2D eigenvalue weighted by Gasteiger charge is 2.44. The number of carbonyl (C=O) groups excluding carboxylic acids is 1. The van der Waals surface area contributed by atoms with Crippen LogP contribution in [-0.4, -0.2) is 18.6 Å². The number of halogens is 2. The van der Waals surface area contributed by atoms with Gasteiger partial charge in [-0.1, -0.05) is 12.1 Å². The van der Waals surface area contributed by atoms with E-state index in [1.165, 1.54) is 12.1 Å². The molecule has 0 N–H and O–H groups in total. The summed E-state index contributed by atoms with van der Waals surface area (Å²) >= 11 is 0. The first kappa shape index (κ1) is 15.3. The molecule has 0 aromatic heterocycles. The van der Waals surface area contributed by atoms with Gasteiger partial charge in [0.2, 0.25) is 0 Å². The largest absolute Gasteiger partial charge is 0.490 e. The molecular weight excluding hydrogens is 310 g/mol. The molecule has 0 unspecified atom stereocenters. The van der Waals surface area contributed by atoms with Gasteiger partial charge < -0.3 is 4.74 Å². The Balaban J connectivity index is 1.80. The third-order valence-corrected chi connectivity index (χ3v) is 4.72. The molecule has 0 saturated heterocycles. The maximum atomic E-state index is 14.0. The van der Waals surface area contributed by atoms with Crippen molar-refractivity contribution >= 4 is 6.29 Å². The first-order valence-corrected chi connectivity index (χ1v) is 8.29. The van der Waals surface area contributed by atoms with Gasteiger partial charge in [-0.2, -0.15) is 0 Å². The smallest absolute Gasteiger partial charge is 0.150 e. The van der Waals surface area contributed by atoms with Crippen molar-refractivity contribution < 1.29 is 18.3 Å². The van der Waals surface area contributed by atoms with Crippen LogP contribution in [0.4, 0.5) is 8.78 Å². The highest BCUT2D eigenvalue weighted by Crippen LogP contribution is 2.48. The second kappa shape index (κ2) is 5.69. The van der Waals surface area contributed by atoms with Crippen LogP contribution in [0.1, 0.15) is 47.5 Å². The van der Waals surface area contributed by atoms with Crippen LogP contribution in [0.15, 0.2) is 36.4 Å². The van der Waals surface area contributed by atoms with Crippen molar-refractivity contribution in [3.05, 3.63) is 53.3 Å². The number of hydrogen-bond acceptors (Lipinski definition) is 2. The SMILES string of the molecule is O=Cc1cc(OCC2(F)CC2)c(-c2ccc(F)cc2)c(C2CC2)c1. The molecule has 2 nitrogen and oxygen atoms in total. The highest BCUT2D eigenvalue weighted by molar-refractivity contribution is 5.83. The minimum absolute atomic E-state index is 0.00634. The Morgan fingerprint density at radius 2 is 1.88 bits per heavy atom. The monoisotopic (exact) mass is 328 g/mol. The molecule has 0 heterocycles. The first-order valence-electron chi connectivity index (χ1n) is 8.29. The minimum atomic E-state index is -1.24. The fourth-order valence-corrected chi connectivity index (χ4v) is 2.97. The average molecular weight is 328 g/mol. The van der Waals surface area contributed by atoms with Gasteiger partial charge in [-0.25, -0.2) is 8.78 Å². The summed E-state index contributed by atoms with van der Waals surface area (Å²) in [5.41, 5.74) is 2.00. The predicted octanol–water partition coefficient (Wildman–Crippen LogP) is 5.06. The fraction of sp³-hybridized carbons (Fsp3) is 0.350. The molecule has 0 amide bonds. The molecule has 2 fully saturated rings. The van der Waals surface area contributed by atoms with E-state index in [-0.39, 0.29) is 12.4 Å². The van der Waals surface area contributed by atoms with E-state index in [1.54, 1.807) is 18.2 Å². The van der Waals surface area contributed by atoms with E-state index in [9.17, 15) is 13.6 Å². The highest BCUT2D eigenvalue weighted by atomic mass is 19.1. The molecule has 24 heavy (non-hydrogen) atoms. The van der Waals surface area contributed by atoms with Crippen LogP contribution in [0.3, 0.4) is 0 Å². The van der Waals surface area contributed by atoms with Gasteiger partial charge in [-0.15, -0.1) is 0 Å². The zero-order valence-corrected chi connectivity index (χ0v) is 13.2. The topological polar surface area (TPSA) is 26.3 Å². The van der Waals surface area contributed by atoms with Crippen molar-refractivity contribution in [3.8, 4) is 16.9 Å². The van der Waals surface area contributed by atoms with E-state index in [2.05, 4.69) is 0 Å². The zero-order chi connectivity index (χ0) is 16.7. The molecule has 0 radical (unpaired) electrons. The Kier molecular flexibility index (Phi) is 3.63. The van der Waals surface area contributed by atoms with E-state index in [0.29, 0.717) is 30.1 Å². The Morgan fingerprint density at radius 1 is 1.17 bits per heavy atom. The van der Waals surface area contributed by atoms with Gasteiger partial charge in [-0.3, -0.25) is 4.79 Å². The average Bonchev–Trinajstić information content (AvgIpc) is 3.50. The van der Waals surface area contributed by atoms with Crippen LogP contribution in [0.25, 0.3) is 11.1 Å². The first-order chi connectivity index (χ1) is 11.6. The standard InChI is InChI=1S/C20H18F2O2/c21-16-5-3-15(4-6-16)19-17(14-1-2-14)9-13(11-23)10-18(19)24-12-20(22)7-8-20/h3-6,9-11,14H,1-2,7-8,12H2. The minimum Gasteiger partial charge on any atom is -0.490 e. The summed E-state index contributed by atoms with van der Waals surface area (Å²) in [6, 6.07) is 9.74. The number of carbonyl (C=O) groups is 1. The lowest BCUT2D eigenvalue weighted by Crippen LogP contribution is -2.14. The zero-order valence-electron chi connectivity index (χ0n) is 13.2. The van der Waals surface area contributed by atoms with Crippen LogP contribution in [-0.2, 0) is 0 Å². The number of benzene rings is 2. The maximum absolute atomic E-state index is 14.0. The van der Waals surface area contributed by atoms with Crippen LogP contribution in [0.5, 0.6) is 5.75 Å². The molecule has 124 valence electrons. The van der Waals surface area contributed by atoms with Crippen molar-refractivity contribution in [2.24, 2.45) is 0 Å². The summed E-state index contributed by atoms with van der Waals surface area (Å²) < 4.78 is 33.0. The van der Waals surface area contributed by atoms with Crippen molar-refractivity contribution in [2.75, 3.05) is 6.61 Å². The van der Waals surface area contributed by atoms with E-state index < -0.39 is 5.67 Å². The fourth-order valence-electron chi connectivity index (χ4n) is 2.97. The second-order valence-corrected chi connectivity index (χ2v) is 6.82. The lowest BCUT2D eigenvalue weighted by Gasteiger charge is -2.18. The third kappa shape index (κ3) is 3.05. The molecule has 0 atom stereocenters. The van der Waals surface area contributed by atoms with Gasteiger partial charge >= 0.3 is 0 Å². The summed E-state index contributed by atoms with van der Waals surface area (Å²) in [5.74, 6) is 0.587. The number of aldehydes is 1. The van der Waals surface area contributed by atoms with E-state index in [1.807, 2.05) is 6.07 Å². The van der Waals surface area contributed by atoms with Gasteiger partial charge in [0.25, 0.3) is 0 Å². The van der Waals surface area contributed by atoms with Crippen molar-refractivity contribution in [3.63, 3.8) is 0 Å². The molecule has 0 spiro atoms. The molecule has 4 rings (SSSR count). The molecule has 0 bridgehead atoms. The van der Waals surface area contributed by atoms with Gasteiger partial charge in [0, 0.05) is 11.1 Å². The van der Waals surface area contributed by atoms with Crippen LogP contribution in [0, 0.1) is 5.82 Å². The number of rotatable bonds is 6. The van der Waals surface area contributed by atoms with Crippen LogP contribution < -0.4 is 4.74 Å². The summed E-state index contributed by atoms with van der Waals surface area (Å²) in [7, 11) is 0. The molecule has 4 heteroatoms. The normalized spacial score (nSPS) is 18.2. The number of ether oxygens (including phenoxy) is 1. The van der Waals surface area contributed by atoms with E-state index in [0.717, 1.165) is 35.8 Å². The molecule has 2 aromatic carbocycles. The molecular formula is C20H18F2O2. The Hall–Kier alpha value is -2.23. The Labute approximate surface area is 139 Å². The summed E-state index contributed by atoms with van der Waals surface area (Å²) in [6.45, 7) is -0.00634. The second-order valence-electron chi connectivity index (χ2n) is 6.82. The quantitative estimate of drug-likeness (QED) is 0.693. The molecule has 2 saturated carbocycles. The Bertz CT molecular complexity index is 775. The molecule has 2 aromatic rings. The summed E-state index contributed by atoms with van der Waals surface area (Å²) in [5, 5.41) is 0. The molecule has 0 aliphatic heterocycles. The molecule has 2 aliphatic rings. The van der Waals surface area contributed by atoms with E-state index in [4.69, 9.17) is 4.74 Å². The van der Waals surface area contributed by atoms with Crippen molar-refractivity contribution in [2.45, 2.75) is 37.3 Å². The van der Waals surface area contributed by atoms with Gasteiger partial charge in [0.05, 0.1) is 0 Å². The van der Waals surface area contributed by atoms with Gasteiger partial charge in [0.1, 0.15) is 30.1 Å². The van der Waals surface area contributed by atoms with Crippen LogP contribution >= 0.6 is 0 Å². The predicted molar refractivity (Wildman–Crippen MR) is 87.8 cm³/mol. The summed E-state index contributed by atoms with van der Waals surface area (Å²) in [6.07, 6.45) is 3.94. The third-order valence-electron chi connectivity index (χ3n) is 4.72. The van der Waals surface area contributed by atoms with Crippen molar-refractivity contribution in [1.29, 1.82) is 0 Å². The number of hydrogen-bond donors (Lipinski definition) is 0. The maximum Gasteiger partial charge on any atom is 0.150 e. The Morgan fingerprint density at radius 3 is 2.46 bits per heavy atom. The lowest BCUT2D eigenvalue weighted by atomic mass is 9.93. The number of alkyl halides is 1. The van der Waals surface area contributed by atoms with E-state index >= 15 is 0 Å². The van der Waals surface area contributed by atoms with Gasteiger partial charge in [0.15, 0.2) is 0 Å².